The maximum absolute atomic E-state index is 12.6. The van der Waals surface area contributed by atoms with E-state index in [-0.39, 0.29) is 16.9 Å². The van der Waals surface area contributed by atoms with Crippen molar-refractivity contribution in [1.29, 1.82) is 0 Å². The van der Waals surface area contributed by atoms with Crippen LogP contribution in [0.5, 0.6) is 0 Å². The van der Waals surface area contributed by atoms with Crippen LogP contribution in [0, 0.1) is 6.92 Å². The van der Waals surface area contributed by atoms with E-state index in [4.69, 9.17) is 21.2 Å². The first kappa shape index (κ1) is 22.8. The SMILES string of the molecule is Cc1cc(-c2cc(C(=O)CC(=O)Nc3cc(Cl)c(N(C)C)cc3NC(=O)O)ccn2)on1. The van der Waals surface area contributed by atoms with Crippen LogP contribution in [-0.4, -0.2) is 47.1 Å². The van der Waals surface area contributed by atoms with Gasteiger partial charge in [0.15, 0.2) is 11.5 Å². The van der Waals surface area contributed by atoms with Crippen LogP contribution in [0.3, 0.4) is 0 Å². The molecule has 0 unspecified atom stereocenters. The summed E-state index contributed by atoms with van der Waals surface area (Å²) in [6.07, 6.45) is -0.346. The van der Waals surface area contributed by atoms with Gasteiger partial charge in [0.25, 0.3) is 0 Å². The number of rotatable bonds is 7. The van der Waals surface area contributed by atoms with Crippen molar-refractivity contribution < 1.29 is 24.0 Å². The molecule has 0 atom stereocenters. The highest BCUT2D eigenvalue weighted by atomic mass is 35.5. The van der Waals surface area contributed by atoms with Crippen molar-refractivity contribution in [2.24, 2.45) is 0 Å². The Morgan fingerprint density at radius 3 is 2.47 bits per heavy atom. The summed E-state index contributed by atoms with van der Waals surface area (Å²) in [5.74, 6) is -0.682. The van der Waals surface area contributed by atoms with Crippen molar-refractivity contribution >= 4 is 46.4 Å². The average molecular weight is 458 g/mol. The van der Waals surface area contributed by atoms with E-state index < -0.39 is 24.2 Å². The number of ketones is 1. The quantitative estimate of drug-likeness (QED) is 0.356. The van der Waals surface area contributed by atoms with E-state index in [1.807, 2.05) is 0 Å². The highest BCUT2D eigenvalue weighted by molar-refractivity contribution is 6.34. The van der Waals surface area contributed by atoms with Gasteiger partial charge in [-0.15, -0.1) is 0 Å². The smallest absolute Gasteiger partial charge is 0.409 e. The third-order valence-electron chi connectivity index (χ3n) is 4.37. The molecule has 0 spiro atoms. The molecule has 0 aliphatic heterocycles. The number of pyridine rings is 1. The van der Waals surface area contributed by atoms with E-state index in [0.717, 1.165) is 0 Å². The molecule has 166 valence electrons. The molecule has 32 heavy (non-hydrogen) atoms. The first-order chi connectivity index (χ1) is 15.1. The van der Waals surface area contributed by atoms with Gasteiger partial charge in [-0.3, -0.25) is 19.9 Å². The number of anilines is 3. The third-order valence-corrected chi connectivity index (χ3v) is 4.67. The Morgan fingerprint density at radius 1 is 1.12 bits per heavy atom. The molecule has 2 aromatic heterocycles. The molecule has 3 rings (SSSR count). The maximum atomic E-state index is 12.6. The zero-order valence-electron chi connectivity index (χ0n) is 17.5. The van der Waals surface area contributed by atoms with Gasteiger partial charge in [-0.1, -0.05) is 16.8 Å². The number of halogens is 1. The minimum atomic E-state index is -1.31. The van der Waals surface area contributed by atoms with Crippen molar-refractivity contribution in [2.75, 3.05) is 29.6 Å². The number of benzene rings is 1. The molecule has 10 nitrogen and oxygen atoms in total. The molecule has 0 bridgehead atoms. The van der Waals surface area contributed by atoms with Gasteiger partial charge in [0.05, 0.1) is 34.2 Å². The summed E-state index contributed by atoms with van der Waals surface area (Å²) in [7, 11) is 3.48. The number of hydrogen-bond donors (Lipinski definition) is 3. The number of hydrogen-bond acceptors (Lipinski definition) is 7. The average Bonchev–Trinajstić information content (AvgIpc) is 3.15. The molecule has 1 aromatic carbocycles. The summed E-state index contributed by atoms with van der Waals surface area (Å²) in [5, 5.41) is 17.9. The number of aromatic nitrogens is 2. The van der Waals surface area contributed by atoms with E-state index in [1.54, 1.807) is 32.0 Å². The summed E-state index contributed by atoms with van der Waals surface area (Å²) >= 11 is 6.24. The molecular formula is C21H20ClN5O5. The molecule has 0 radical (unpaired) electrons. The van der Waals surface area contributed by atoms with E-state index in [0.29, 0.717) is 27.9 Å². The minimum Gasteiger partial charge on any atom is -0.465 e. The van der Waals surface area contributed by atoms with Crippen molar-refractivity contribution in [3.05, 3.63) is 52.8 Å². The molecule has 11 heteroatoms. The molecule has 0 saturated heterocycles. The number of carboxylic acid groups (broad SMARTS) is 1. The zero-order valence-corrected chi connectivity index (χ0v) is 18.2. The van der Waals surface area contributed by atoms with Crippen molar-refractivity contribution in [2.45, 2.75) is 13.3 Å². The number of aryl methyl sites for hydroxylation is 1. The van der Waals surface area contributed by atoms with Crippen LogP contribution in [0.25, 0.3) is 11.5 Å². The fourth-order valence-electron chi connectivity index (χ4n) is 2.89. The van der Waals surface area contributed by atoms with Crippen LogP contribution in [0.15, 0.2) is 41.1 Å². The van der Waals surface area contributed by atoms with Crippen LogP contribution in [0.4, 0.5) is 21.9 Å². The normalized spacial score (nSPS) is 10.5. The lowest BCUT2D eigenvalue weighted by atomic mass is 10.1. The van der Waals surface area contributed by atoms with E-state index in [2.05, 4.69) is 20.8 Å². The van der Waals surface area contributed by atoms with Crippen LogP contribution >= 0.6 is 11.6 Å². The molecule has 3 N–H and O–H groups in total. The zero-order chi connectivity index (χ0) is 23.4. The third kappa shape index (κ3) is 5.41. The number of carbonyl (C=O) groups excluding carboxylic acids is 2. The predicted octanol–water partition coefficient (Wildman–Crippen LogP) is 4.07. The molecular weight excluding hydrogens is 438 g/mol. The Kier molecular flexibility index (Phi) is 6.74. The highest BCUT2D eigenvalue weighted by Crippen LogP contribution is 2.34. The number of carbonyl (C=O) groups is 3. The maximum Gasteiger partial charge on any atom is 0.409 e. The minimum absolute atomic E-state index is 0.123. The fraction of sp³-hybridized carbons (Fsp3) is 0.190. The van der Waals surface area contributed by atoms with Gasteiger partial charge in [-0.25, -0.2) is 4.79 Å². The Hall–Kier alpha value is -3.92. The molecule has 0 aliphatic rings. The Balaban J connectivity index is 1.77. The Bertz CT molecular complexity index is 1190. The number of nitrogens with zero attached hydrogens (tertiary/aromatic N) is 3. The topological polar surface area (TPSA) is 138 Å². The number of Topliss-reactive ketones (excluding diaryl/α,β-unsaturated/α-hetero) is 1. The van der Waals surface area contributed by atoms with Crippen molar-refractivity contribution in [3.63, 3.8) is 0 Å². The van der Waals surface area contributed by atoms with E-state index in [1.165, 1.54) is 30.5 Å². The summed E-state index contributed by atoms with van der Waals surface area (Å²) < 4.78 is 5.15. The second-order valence-electron chi connectivity index (χ2n) is 7.08. The van der Waals surface area contributed by atoms with Gasteiger partial charge in [-0.05, 0) is 31.2 Å². The van der Waals surface area contributed by atoms with Crippen LogP contribution < -0.4 is 15.5 Å². The lowest BCUT2D eigenvalue weighted by Gasteiger charge is -2.19. The summed E-state index contributed by atoms with van der Waals surface area (Å²) in [6.45, 7) is 1.76. The van der Waals surface area contributed by atoms with Gasteiger partial charge in [0, 0.05) is 31.9 Å². The summed E-state index contributed by atoms with van der Waals surface area (Å²) in [4.78, 5) is 42.1. The number of amides is 2. The van der Waals surface area contributed by atoms with Gasteiger partial charge in [0.2, 0.25) is 5.91 Å². The second-order valence-corrected chi connectivity index (χ2v) is 7.49. The lowest BCUT2D eigenvalue weighted by Crippen LogP contribution is -2.19. The van der Waals surface area contributed by atoms with Gasteiger partial charge in [0.1, 0.15) is 5.69 Å². The van der Waals surface area contributed by atoms with Gasteiger partial charge >= 0.3 is 6.09 Å². The molecule has 0 aliphatic carbocycles. The second kappa shape index (κ2) is 9.48. The van der Waals surface area contributed by atoms with E-state index >= 15 is 0 Å². The molecule has 3 aromatic rings. The van der Waals surface area contributed by atoms with Gasteiger partial charge in [-0.2, -0.15) is 0 Å². The van der Waals surface area contributed by atoms with Crippen LogP contribution in [0.2, 0.25) is 5.02 Å². The molecule has 0 fully saturated rings. The fourth-order valence-corrected chi connectivity index (χ4v) is 3.22. The summed E-state index contributed by atoms with van der Waals surface area (Å²) in [5.41, 5.74) is 2.16. The molecule has 2 heterocycles. The largest absolute Gasteiger partial charge is 0.465 e. The number of nitrogens with one attached hydrogen (secondary N) is 2. The Labute approximate surface area is 188 Å². The van der Waals surface area contributed by atoms with Gasteiger partial charge < -0.3 is 19.8 Å². The van der Waals surface area contributed by atoms with Crippen molar-refractivity contribution in [3.8, 4) is 11.5 Å². The monoisotopic (exact) mass is 457 g/mol. The van der Waals surface area contributed by atoms with Crippen molar-refractivity contribution in [1.82, 2.24) is 10.1 Å². The highest BCUT2D eigenvalue weighted by Gasteiger charge is 2.18. The molecule has 2 amide bonds. The first-order valence-corrected chi connectivity index (χ1v) is 9.75. The van der Waals surface area contributed by atoms with Crippen LogP contribution in [0.1, 0.15) is 22.5 Å². The van der Waals surface area contributed by atoms with E-state index in [9.17, 15) is 14.4 Å². The predicted molar refractivity (Wildman–Crippen MR) is 119 cm³/mol. The summed E-state index contributed by atoms with van der Waals surface area (Å²) in [6, 6.07) is 7.59. The standard InChI is InChI=1S/C21H20ClN5O5/c1-11-6-19(32-26-11)16-7-12(4-5-23-16)18(28)10-20(29)24-14-8-13(22)17(27(2)3)9-15(14)25-21(30)31/h4-9,25H,10H2,1-3H3,(H,24,29)(H,30,31). The molecule has 0 saturated carbocycles. The lowest BCUT2D eigenvalue weighted by molar-refractivity contribution is -0.115. The first-order valence-electron chi connectivity index (χ1n) is 9.37. The Morgan fingerprint density at radius 2 is 1.84 bits per heavy atom. The van der Waals surface area contributed by atoms with Crippen LogP contribution in [-0.2, 0) is 4.79 Å².